The summed E-state index contributed by atoms with van der Waals surface area (Å²) in [5, 5.41) is 0. The van der Waals surface area contributed by atoms with Crippen LogP contribution in [0.3, 0.4) is 0 Å². The second kappa shape index (κ2) is 4.20. The Balaban J connectivity index is 3.89. The normalized spacial score (nSPS) is 13.2. The molecule has 0 saturated heterocycles. The maximum atomic E-state index is 10.9. The summed E-state index contributed by atoms with van der Waals surface area (Å²) >= 11 is 0. The van der Waals surface area contributed by atoms with Gasteiger partial charge in [-0.05, 0) is 0 Å². The molecule has 0 unspecified atom stereocenters. The standard InChI is InChI=1S/C5H13NO4S2/c1-3-12(9,10)5-4-6-11(2,7)8/h6H,3-5H2,1-2H3. The van der Waals surface area contributed by atoms with E-state index in [2.05, 4.69) is 4.72 Å². The van der Waals surface area contributed by atoms with Crippen LogP contribution in [0.2, 0.25) is 0 Å². The van der Waals surface area contributed by atoms with Gasteiger partial charge in [-0.25, -0.2) is 21.6 Å². The number of hydrogen-bond acceptors (Lipinski definition) is 4. The topological polar surface area (TPSA) is 80.3 Å². The van der Waals surface area contributed by atoms with E-state index in [9.17, 15) is 16.8 Å². The van der Waals surface area contributed by atoms with Crippen molar-refractivity contribution >= 4 is 19.9 Å². The van der Waals surface area contributed by atoms with E-state index < -0.39 is 19.9 Å². The Morgan fingerprint density at radius 1 is 1.17 bits per heavy atom. The summed E-state index contributed by atoms with van der Waals surface area (Å²) in [6.45, 7) is 1.48. The van der Waals surface area contributed by atoms with Crippen LogP contribution in [0, 0.1) is 0 Å². The van der Waals surface area contributed by atoms with Crippen LogP contribution in [0.4, 0.5) is 0 Å². The van der Waals surface area contributed by atoms with Crippen molar-refractivity contribution < 1.29 is 16.8 Å². The minimum atomic E-state index is -3.27. The van der Waals surface area contributed by atoms with Crippen LogP contribution in [-0.4, -0.2) is 41.1 Å². The molecule has 0 spiro atoms. The molecule has 0 aromatic rings. The highest BCUT2D eigenvalue weighted by atomic mass is 32.2. The molecule has 74 valence electrons. The third-order valence-corrected chi connectivity index (χ3v) is 3.65. The van der Waals surface area contributed by atoms with Gasteiger partial charge in [0.25, 0.3) is 0 Å². The minimum absolute atomic E-state index is 0.0401. The van der Waals surface area contributed by atoms with Crippen molar-refractivity contribution in [3.8, 4) is 0 Å². The minimum Gasteiger partial charge on any atom is -0.229 e. The predicted molar refractivity (Wildman–Crippen MR) is 47.2 cm³/mol. The summed E-state index contributed by atoms with van der Waals surface area (Å²) in [5.74, 6) is -0.102. The molecule has 0 saturated carbocycles. The van der Waals surface area contributed by atoms with E-state index in [1.807, 2.05) is 0 Å². The quantitative estimate of drug-likeness (QED) is 0.636. The van der Waals surface area contributed by atoms with E-state index in [0.717, 1.165) is 6.26 Å². The van der Waals surface area contributed by atoms with Crippen LogP contribution in [0.1, 0.15) is 6.92 Å². The molecule has 0 heterocycles. The van der Waals surface area contributed by atoms with Crippen LogP contribution in [-0.2, 0) is 19.9 Å². The molecule has 0 aromatic carbocycles. The van der Waals surface area contributed by atoms with Crippen LogP contribution in [0.25, 0.3) is 0 Å². The van der Waals surface area contributed by atoms with E-state index in [-0.39, 0.29) is 18.1 Å². The van der Waals surface area contributed by atoms with E-state index in [0.29, 0.717) is 0 Å². The Hall–Kier alpha value is -0.140. The van der Waals surface area contributed by atoms with Crippen molar-refractivity contribution in [3.63, 3.8) is 0 Å². The lowest BCUT2D eigenvalue weighted by atomic mass is 10.8. The van der Waals surface area contributed by atoms with Gasteiger partial charge in [0.2, 0.25) is 10.0 Å². The van der Waals surface area contributed by atoms with Gasteiger partial charge in [0, 0.05) is 12.3 Å². The van der Waals surface area contributed by atoms with Crippen molar-refractivity contribution in [1.29, 1.82) is 0 Å². The van der Waals surface area contributed by atoms with Crippen LogP contribution in [0.15, 0.2) is 0 Å². The number of rotatable bonds is 5. The molecule has 0 atom stereocenters. The zero-order valence-corrected chi connectivity index (χ0v) is 8.70. The molecule has 0 aliphatic rings. The number of sulfone groups is 1. The first-order chi connectivity index (χ1) is 5.27. The lowest BCUT2D eigenvalue weighted by molar-refractivity contribution is 0.586. The Bertz CT molecular complexity index is 315. The lowest BCUT2D eigenvalue weighted by Gasteiger charge is -2.01. The van der Waals surface area contributed by atoms with Gasteiger partial charge >= 0.3 is 0 Å². The average Bonchev–Trinajstić information content (AvgIpc) is 1.84. The van der Waals surface area contributed by atoms with Crippen molar-refractivity contribution in [2.45, 2.75) is 6.92 Å². The number of nitrogens with one attached hydrogen (secondary N) is 1. The summed E-state index contributed by atoms with van der Waals surface area (Å²) < 4.78 is 44.8. The molecule has 5 nitrogen and oxygen atoms in total. The predicted octanol–water partition coefficient (Wildman–Crippen LogP) is -1.03. The third-order valence-electron chi connectivity index (χ3n) is 1.22. The first-order valence-corrected chi connectivity index (χ1v) is 7.13. The second-order valence-corrected chi connectivity index (χ2v) is 6.71. The second-order valence-electron chi connectivity index (χ2n) is 2.40. The molecule has 0 rings (SSSR count). The van der Waals surface area contributed by atoms with Crippen molar-refractivity contribution in [2.75, 3.05) is 24.3 Å². The first-order valence-electron chi connectivity index (χ1n) is 3.42. The van der Waals surface area contributed by atoms with Crippen LogP contribution in [0.5, 0.6) is 0 Å². The molecule has 0 radical (unpaired) electrons. The summed E-state index contributed by atoms with van der Waals surface area (Å²) in [4.78, 5) is 0. The smallest absolute Gasteiger partial charge is 0.208 e. The Kier molecular flexibility index (Phi) is 4.15. The SMILES string of the molecule is CCS(=O)(=O)CCNS(C)(=O)=O. The average molecular weight is 215 g/mol. The highest BCUT2D eigenvalue weighted by molar-refractivity contribution is 7.91. The lowest BCUT2D eigenvalue weighted by Crippen LogP contribution is -2.28. The van der Waals surface area contributed by atoms with Crippen LogP contribution < -0.4 is 4.72 Å². The van der Waals surface area contributed by atoms with E-state index in [4.69, 9.17) is 0 Å². The maximum absolute atomic E-state index is 10.9. The zero-order chi connectivity index (χ0) is 9.83. The number of sulfonamides is 1. The fourth-order valence-corrected chi connectivity index (χ4v) is 1.83. The largest absolute Gasteiger partial charge is 0.229 e. The molecular formula is C5H13NO4S2. The van der Waals surface area contributed by atoms with E-state index >= 15 is 0 Å². The van der Waals surface area contributed by atoms with Gasteiger partial charge in [0.15, 0.2) is 9.84 Å². The van der Waals surface area contributed by atoms with Crippen molar-refractivity contribution in [3.05, 3.63) is 0 Å². The monoisotopic (exact) mass is 215 g/mol. The highest BCUT2D eigenvalue weighted by Crippen LogP contribution is 1.87. The zero-order valence-electron chi connectivity index (χ0n) is 7.07. The molecule has 0 amide bonds. The molecule has 0 fully saturated rings. The summed E-state index contributed by atoms with van der Waals surface area (Å²) in [7, 11) is -6.34. The van der Waals surface area contributed by atoms with Gasteiger partial charge in [-0.2, -0.15) is 0 Å². The molecule has 0 aromatic heterocycles. The summed E-state index contributed by atoms with van der Waals surface area (Å²) in [6, 6.07) is 0. The van der Waals surface area contributed by atoms with Gasteiger partial charge in [0.1, 0.15) is 0 Å². The summed E-state index contributed by atoms with van der Waals surface area (Å²) in [5.41, 5.74) is 0. The molecule has 0 bridgehead atoms. The molecule has 0 aliphatic carbocycles. The van der Waals surface area contributed by atoms with Crippen LogP contribution >= 0.6 is 0 Å². The Morgan fingerprint density at radius 2 is 1.67 bits per heavy atom. The highest BCUT2D eigenvalue weighted by Gasteiger charge is 2.08. The molecule has 0 aliphatic heterocycles. The molecule has 1 N–H and O–H groups in total. The maximum Gasteiger partial charge on any atom is 0.208 e. The fraction of sp³-hybridized carbons (Fsp3) is 1.00. The Morgan fingerprint density at radius 3 is 2.00 bits per heavy atom. The first kappa shape index (κ1) is 11.9. The van der Waals surface area contributed by atoms with E-state index in [1.165, 1.54) is 6.92 Å². The van der Waals surface area contributed by atoms with Crippen molar-refractivity contribution in [1.82, 2.24) is 4.72 Å². The van der Waals surface area contributed by atoms with Gasteiger partial charge in [-0.15, -0.1) is 0 Å². The molecular weight excluding hydrogens is 202 g/mol. The van der Waals surface area contributed by atoms with E-state index in [1.54, 1.807) is 0 Å². The van der Waals surface area contributed by atoms with Crippen molar-refractivity contribution in [2.24, 2.45) is 0 Å². The third kappa shape index (κ3) is 6.56. The number of hydrogen-bond donors (Lipinski definition) is 1. The molecule has 7 heteroatoms. The summed E-state index contributed by atoms with van der Waals surface area (Å²) in [6.07, 6.45) is 0.992. The van der Waals surface area contributed by atoms with Gasteiger partial charge < -0.3 is 0 Å². The molecule has 12 heavy (non-hydrogen) atoms. The Labute approximate surface area is 73.1 Å². The van der Waals surface area contributed by atoms with Gasteiger partial charge in [-0.1, -0.05) is 6.92 Å². The van der Waals surface area contributed by atoms with Gasteiger partial charge in [0.05, 0.1) is 12.0 Å². The van der Waals surface area contributed by atoms with Gasteiger partial charge in [-0.3, -0.25) is 0 Å². The fourth-order valence-electron chi connectivity index (χ4n) is 0.527.